The van der Waals surface area contributed by atoms with Crippen molar-refractivity contribution in [3.63, 3.8) is 0 Å². The fourth-order valence-corrected chi connectivity index (χ4v) is 1.07. The third-order valence-corrected chi connectivity index (χ3v) is 1.85. The summed E-state index contributed by atoms with van der Waals surface area (Å²) in [6.07, 6.45) is 1.87. The molecule has 0 aliphatic heterocycles. The van der Waals surface area contributed by atoms with Gasteiger partial charge < -0.3 is 15.0 Å². The lowest BCUT2D eigenvalue weighted by Crippen LogP contribution is -2.10. The van der Waals surface area contributed by atoms with Crippen molar-refractivity contribution in [1.82, 2.24) is 0 Å². The number of halogens is 1. The van der Waals surface area contributed by atoms with E-state index in [1.165, 1.54) is 0 Å². The molecule has 0 aromatic carbocycles. The zero-order valence-corrected chi connectivity index (χ0v) is 6.38. The Bertz CT molecular complexity index is 242. The van der Waals surface area contributed by atoms with Gasteiger partial charge in [-0.15, -0.1) is 0 Å². The highest BCUT2D eigenvalue weighted by atomic mass is 35.5. The van der Waals surface area contributed by atoms with E-state index in [0.29, 0.717) is 6.29 Å². The van der Waals surface area contributed by atoms with Gasteiger partial charge in [-0.3, -0.25) is 0 Å². The van der Waals surface area contributed by atoms with Crippen molar-refractivity contribution in [2.45, 2.75) is 6.42 Å². The van der Waals surface area contributed by atoms with Gasteiger partial charge in [-0.1, -0.05) is 11.6 Å². The molecule has 0 aromatic rings. The minimum absolute atomic E-state index is 0.137. The van der Waals surface area contributed by atoms with Crippen molar-refractivity contribution in [2.75, 3.05) is 0 Å². The Hall–Kier alpha value is -0.960. The highest BCUT2D eigenvalue weighted by Gasteiger charge is 2.20. The van der Waals surface area contributed by atoms with E-state index in [2.05, 4.69) is 0 Å². The lowest BCUT2D eigenvalue weighted by atomic mass is 9.99. The lowest BCUT2D eigenvalue weighted by Gasteiger charge is -2.14. The summed E-state index contributed by atoms with van der Waals surface area (Å²) in [5.74, 6) is -0.900. The van der Waals surface area contributed by atoms with Crippen LogP contribution in [0.2, 0.25) is 0 Å². The average Bonchev–Trinajstić information content (AvgIpc) is 1.97. The summed E-state index contributed by atoms with van der Waals surface area (Å²) >= 11 is 5.52. The Kier molecular flexibility index (Phi) is 2.19. The quantitative estimate of drug-likeness (QED) is 0.595. The second-order valence-corrected chi connectivity index (χ2v) is 2.76. The predicted octanol–water partition coefficient (Wildman–Crippen LogP) is 1.66. The van der Waals surface area contributed by atoms with Gasteiger partial charge >= 0.3 is 0 Å². The molecule has 0 amide bonds. The second kappa shape index (κ2) is 2.96. The topological polar surface area (TPSA) is 57.5 Å². The fourth-order valence-electron chi connectivity index (χ4n) is 0.845. The van der Waals surface area contributed by atoms with Gasteiger partial charge in [0.25, 0.3) is 0 Å². The van der Waals surface area contributed by atoms with Crippen molar-refractivity contribution in [2.24, 2.45) is 5.92 Å². The second-order valence-electron chi connectivity index (χ2n) is 2.31. The average molecular weight is 175 g/mol. The molecule has 0 aromatic heterocycles. The number of carbonyl (C=O) groups is 1. The molecule has 0 bridgehead atoms. The Morgan fingerprint density at radius 3 is 2.82 bits per heavy atom. The van der Waals surface area contributed by atoms with Crippen LogP contribution in [0.1, 0.15) is 6.42 Å². The molecule has 0 saturated heterocycles. The fraction of sp³-hybridized carbons (Fsp3) is 0.286. The maximum absolute atomic E-state index is 10.3. The zero-order valence-electron chi connectivity index (χ0n) is 5.62. The van der Waals surface area contributed by atoms with Crippen LogP contribution in [0.25, 0.3) is 0 Å². The molecular formula is C7H7ClO3. The standard InChI is InChI=1S/C7H7ClO3/c8-5-1-4(3-9)6(10)2-7(5)11/h2-4,10-11H,1H2. The normalized spacial score (nSPS) is 24.8. The summed E-state index contributed by atoms with van der Waals surface area (Å²) in [5.41, 5.74) is 0. The Balaban J connectivity index is 2.90. The molecule has 0 heterocycles. The van der Waals surface area contributed by atoms with Crippen LogP contribution in [0.3, 0.4) is 0 Å². The monoisotopic (exact) mass is 174 g/mol. The van der Waals surface area contributed by atoms with Crippen LogP contribution in [0, 0.1) is 5.92 Å². The molecule has 4 heteroatoms. The first kappa shape index (κ1) is 8.14. The van der Waals surface area contributed by atoms with Gasteiger partial charge in [0.15, 0.2) is 0 Å². The van der Waals surface area contributed by atoms with Crippen LogP contribution >= 0.6 is 11.6 Å². The number of rotatable bonds is 1. The number of hydrogen-bond donors (Lipinski definition) is 2. The third kappa shape index (κ3) is 1.54. The summed E-state index contributed by atoms with van der Waals surface area (Å²) in [6, 6.07) is 0. The highest BCUT2D eigenvalue weighted by molar-refractivity contribution is 6.30. The third-order valence-electron chi connectivity index (χ3n) is 1.51. The number of carbonyl (C=O) groups excluding carboxylic acids is 1. The number of hydrogen-bond acceptors (Lipinski definition) is 3. The molecule has 1 rings (SSSR count). The highest BCUT2D eigenvalue weighted by Crippen LogP contribution is 2.27. The van der Waals surface area contributed by atoms with Crippen molar-refractivity contribution in [3.05, 3.63) is 22.6 Å². The summed E-state index contributed by atoms with van der Waals surface area (Å²) in [6.45, 7) is 0. The molecule has 0 radical (unpaired) electrons. The molecule has 11 heavy (non-hydrogen) atoms. The predicted molar refractivity (Wildman–Crippen MR) is 40.4 cm³/mol. The van der Waals surface area contributed by atoms with Gasteiger partial charge in [0, 0.05) is 12.5 Å². The largest absolute Gasteiger partial charge is 0.511 e. The van der Waals surface area contributed by atoms with Crippen molar-refractivity contribution < 1.29 is 15.0 Å². The molecule has 1 aliphatic rings. The van der Waals surface area contributed by atoms with E-state index in [9.17, 15) is 4.79 Å². The van der Waals surface area contributed by atoms with E-state index in [4.69, 9.17) is 21.8 Å². The maximum Gasteiger partial charge on any atom is 0.133 e. The number of aldehydes is 1. The molecule has 1 atom stereocenters. The van der Waals surface area contributed by atoms with Gasteiger partial charge in [0.1, 0.15) is 17.8 Å². The van der Waals surface area contributed by atoms with E-state index in [1.54, 1.807) is 0 Å². The molecule has 0 spiro atoms. The van der Waals surface area contributed by atoms with E-state index in [1.807, 2.05) is 0 Å². The van der Waals surface area contributed by atoms with Crippen LogP contribution in [-0.4, -0.2) is 16.5 Å². The van der Waals surface area contributed by atoms with Crippen LogP contribution in [-0.2, 0) is 4.79 Å². The molecule has 1 unspecified atom stereocenters. The van der Waals surface area contributed by atoms with Gasteiger partial charge in [-0.05, 0) is 0 Å². The Morgan fingerprint density at radius 2 is 2.27 bits per heavy atom. The van der Waals surface area contributed by atoms with Crippen LogP contribution in [0.4, 0.5) is 0 Å². The summed E-state index contributed by atoms with van der Waals surface area (Å²) in [4.78, 5) is 10.3. The molecular weight excluding hydrogens is 168 g/mol. The minimum Gasteiger partial charge on any atom is -0.511 e. The van der Waals surface area contributed by atoms with Crippen molar-refractivity contribution >= 4 is 17.9 Å². The Labute approximate surface area is 68.6 Å². The van der Waals surface area contributed by atoms with Crippen molar-refractivity contribution in [3.8, 4) is 0 Å². The molecule has 0 saturated carbocycles. The van der Waals surface area contributed by atoms with Crippen LogP contribution < -0.4 is 0 Å². The number of aliphatic hydroxyl groups excluding tert-OH is 2. The number of aliphatic hydroxyl groups is 2. The minimum atomic E-state index is -0.599. The SMILES string of the molecule is O=CC1CC(Cl)=C(O)C=C1O. The molecule has 3 nitrogen and oxygen atoms in total. The van der Waals surface area contributed by atoms with Gasteiger partial charge in [0.05, 0.1) is 11.0 Å². The first-order chi connectivity index (χ1) is 5.15. The van der Waals surface area contributed by atoms with Gasteiger partial charge in [0.2, 0.25) is 0 Å². The van der Waals surface area contributed by atoms with E-state index in [-0.39, 0.29) is 23.0 Å². The van der Waals surface area contributed by atoms with E-state index in [0.717, 1.165) is 6.08 Å². The maximum atomic E-state index is 10.3. The number of allylic oxidation sites excluding steroid dienone is 3. The van der Waals surface area contributed by atoms with Crippen molar-refractivity contribution in [1.29, 1.82) is 0 Å². The molecule has 0 fully saturated rings. The first-order valence-corrected chi connectivity index (χ1v) is 3.46. The van der Waals surface area contributed by atoms with E-state index >= 15 is 0 Å². The molecule has 1 aliphatic carbocycles. The first-order valence-electron chi connectivity index (χ1n) is 3.08. The molecule has 60 valence electrons. The van der Waals surface area contributed by atoms with E-state index < -0.39 is 5.92 Å². The summed E-state index contributed by atoms with van der Waals surface area (Å²) in [7, 11) is 0. The smallest absolute Gasteiger partial charge is 0.133 e. The van der Waals surface area contributed by atoms with Gasteiger partial charge in [-0.25, -0.2) is 0 Å². The Morgan fingerprint density at radius 1 is 1.64 bits per heavy atom. The van der Waals surface area contributed by atoms with Crippen LogP contribution in [0.15, 0.2) is 22.6 Å². The lowest BCUT2D eigenvalue weighted by molar-refractivity contribution is -0.110. The summed E-state index contributed by atoms with van der Waals surface area (Å²) in [5, 5.41) is 18.2. The molecule has 2 N–H and O–H groups in total. The summed E-state index contributed by atoms with van der Waals surface area (Å²) < 4.78 is 0. The van der Waals surface area contributed by atoms with Gasteiger partial charge in [-0.2, -0.15) is 0 Å². The zero-order chi connectivity index (χ0) is 8.43. The van der Waals surface area contributed by atoms with Crippen LogP contribution in [0.5, 0.6) is 0 Å².